The fraction of sp³-hybridized carbons (Fsp3) is 0.294. The number of rotatable bonds is 0. The molecule has 1 unspecified atom stereocenters. The first-order valence-electron chi connectivity index (χ1n) is 7.32. The summed E-state index contributed by atoms with van der Waals surface area (Å²) in [6.45, 7) is 3.58. The van der Waals surface area contributed by atoms with Gasteiger partial charge in [-0.25, -0.2) is 0 Å². The average molecular weight is 301 g/mol. The summed E-state index contributed by atoms with van der Waals surface area (Å²) in [4.78, 5) is 2.47. The number of fused-ring (bicyclic) bond motifs is 5. The van der Waals surface area contributed by atoms with Crippen molar-refractivity contribution in [1.29, 1.82) is 0 Å². The molecule has 0 spiro atoms. The Bertz CT molecular complexity index is 672. The molecule has 0 radical (unpaired) electrons. The van der Waals surface area contributed by atoms with Gasteiger partial charge in [0.1, 0.15) is 12.4 Å². The smallest absolute Gasteiger partial charge is 0.124 e. The third-order valence-electron chi connectivity index (χ3n) is 4.24. The van der Waals surface area contributed by atoms with Crippen molar-refractivity contribution in [3.63, 3.8) is 0 Å². The van der Waals surface area contributed by atoms with Crippen LogP contribution >= 0.6 is 11.6 Å². The van der Waals surface area contributed by atoms with Crippen LogP contribution in [0, 0.1) is 0 Å². The van der Waals surface area contributed by atoms with E-state index in [2.05, 4.69) is 40.5 Å². The lowest BCUT2D eigenvalue weighted by Crippen LogP contribution is -2.32. The Morgan fingerprint density at radius 1 is 1.10 bits per heavy atom. The number of anilines is 1. The molecule has 108 valence electrons. The van der Waals surface area contributed by atoms with E-state index in [1.165, 1.54) is 16.8 Å². The van der Waals surface area contributed by atoms with Crippen molar-refractivity contribution in [2.24, 2.45) is 0 Å². The zero-order chi connectivity index (χ0) is 14.2. The molecule has 2 aliphatic heterocycles. The van der Waals surface area contributed by atoms with Gasteiger partial charge in [0.2, 0.25) is 0 Å². The van der Waals surface area contributed by atoms with Gasteiger partial charge < -0.3 is 10.1 Å². The van der Waals surface area contributed by atoms with E-state index >= 15 is 0 Å². The molecule has 0 aliphatic carbocycles. The zero-order valence-electron chi connectivity index (χ0n) is 11.7. The number of hydrogen-bond donors (Lipinski definition) is 1. The maximum atomic E-state index is 6.25. The molecule has 2 aliphatic rings. The fourth-order valence-electron chi connectivity index (χ4n) is 3.30. The van der Waals surface area contributed by atoms with Crippen molar-refractivity contribution >= 4 is 17.3 Å². The van der Waals surface area contributed by atoms with Gasteiger partial charge in [-0.05, 0) is 29.8 Å². The third-order valence-corrected chi connectivity index (χ3v) is 4.47. The summed E-state index contributed by atoms with van der Waals surface area (Å²) >= 11 is 6.25. The Hall–Kier alpha value is -1.71. The highest BCUT2D eigenvalue weighted by atomic mass is 35.5. The minimum atomic E-state index is 0.201. The minimum Gasteiger partial charge on any atom is -0.492 e. The van der Waals surface area contributed by atoms with Crippen LogP contribution in [0.3, 0.4) is 0 Å². The molecule has 21 heavy (non-hydrogen) atoms. The Morgan fingerprint density at radius 3 is 2.95 bits per heavy atom. The second-order valence-electron chi connectivity index (χ2n) is 5.48. The summed E-state index contributed by atoms with van der Waals surface area (Å²) in [5, 5.41) is 4.30. The highest BCUT2D eigenvalue weighted by molar-refractivity contribution is 6.30. The molecule has 0 aromatic heterocycles. The van der Waals surface area contributed by atoms with Gasteiger partial charge >= 0.3 is 0 Å². The number of nitrogens with zero attached hydrogens (tertiary/aromatic N) is 1. The topological polar surface area (TPSA) is 24.5 Å². The van der Waals surface area contributed by atoms with Crippen LogP contribution in [-0.4, -0.2) is 31.1 Å². The summed E-state index contributed by atoms with van der Waals surface area (Å²) < 4.78 is 5.93. The Labute approximate surface area is 129 Å². The monoisotopic (exact) mass is 300 g/mol. The SMILES string of the molecule is Clc1ccc2c(c1)C1c3ccccc3OCCN1CCN2. The molecule has 0 bridgehead atoms. The molecule has 0 saturated carbocycles. The van der Waals surface area contributed by atoms with Crippen molar-refractivity contribution < 1.29 is 4.74 Å². The zero-order valence-corrected chi connectivity index (χ0v) is 12.4. The quantitative estimate of drug-likeness (QED) is 0.805. The van der Waals surface area contributed by atoms with E-state index < -0.39 is 0 Å². The third kappa shape index (κ3) is 2.27. The van der Waals surface area contributed by atoms with Crippen LogP contribution in [0.1, 0.15) is 17.2 Å². The maximum Gasteiger partial charge on any atom is 0.124 e. The fourth-order valence-corrected chi connectivity index (χ4v) is 3.48. The van der Waals surface area contributed by atoms with Crippen molar-refractivity contribution in [2.75, 3.05) is 31.6 Å². The van der Waals surface area contributed by atoms with Gasteiger partial charge in [0.15, 0.2) is 0 Å². The van der Waals surface area contributed by atoms with Crippen LogP contribution in [0.2, 0.25) is 5.02 Å². The van der Waals surface area contributed by atoms with Gasteiger partial charge in [-0.3, -0.25) is 4.90 Å². The van der Waals surface area contributed by atoms with E-state index in [4.69, 9.17) is 16.3 Å². The molecule has 1 atom stereocenters. The maximum absolute atomic E-state index is 6.25. The number of hydrogen-bond acceptors (Lipinski definition) is 3. The molecular formula is C17H17ClN2O. The van der Waals surface area contributed by atoms with Crippen molar-refractivity contribution in [3.05, 3.63) is 58.6 Å². The number of ether oxygens (including phenoxy) is 1. The van der Waals surface area contributed by atoms with Crippen molar-refractivity contribution in [3.8, 4) is 5.75 Å². The highest BCUT2D eigenvalue weighted by Crippen LogP contribution is 2.41. The number of halogens is 1. The van der Waals surface area contributed by atoms with Crippen molar-refractivity contribution in [2.45, 2.75) is 6.04 Å². The predicted molar refractivity (Wildman–Crippen MR) is 85.3 cm³/mol. The lowest BCUT2D eigenvalue weighted by molar-refractivity contribution is 0.211. The average Bonchev–Trinajstić information content (AvgIpc) is 2.77. The van der Waals surface area contributed by atoms with E-state index in [1.807, 2.05) is 12.1 Å². The van der Waals surface area contributed by atoms with Gasteiger partial charge in [0.25, 0.3) is 0 Å². The second-order valence-corrected chi connectivity index (χ2v) is 5.92. The standard InChI is InChI=1S/C17H17ClN2O/c18-12-5-6-15-14(11-12)17-13-3-1-2-4-16(13)21-10-9-20(17)8-7-19-15/h1-6,11,17,19H,7-10H2. The Morgan fingerprint density at radius 2 is 2.00 bits per heavy atom. The molecule has 2 aromatic carbocycles. The number of nitrogens with one attached hydrogen (secondary N) is 1. The van der Waals surface area contributed by atoms with Crippen LogP contribution in [0.25, 0.3) is 0 Å². The first-order chi connectivity index (χ1) is 10.3. The lowest BCUT2D eigenvalue weighted by Gasteiger charge is -2.28. The van der Waals surface area contributed by atoms with Crippen molar-refractivity contribution in [1.82, 2.24) is 4.90 Å². The molecule has 4 rings (SSSR count). The Balaban J connectivity index is 1.93. The highest BCUT2D eigenvalue weighted by Gasteiger charge is 2.31. The van der Waals surface area contributed by atoms with E-state index in [0.29, 0.717) is 0 Å². The van der Waals surface area contributed by atoms with Gasteiger partial charge in [-0.15, -0.1) is 0 Å². The summed E-state index contributed by atoms with van der Waals surface area (Å²) in [6, 6.07) is 14.6. The molecule has 2 aromatic rings. The molecule has 0 amide bonds. The van der Waals surface area contributed by atoms with E-state index in [0.717, 1.165) is 37.0 Å². The normalized spacial score (nSPS) is 20.9. The van der Waals surface area contributed by atoms with Crippen LogP contribution < -0.4 is 10.1 Å². The molecule has 3 nitrogen and oxygen atoms in total. The summed E-state index contributed by atoms with van der Waals surface area (Å²) in [7, 11) is 0. The van der Waals surface area contributed by atoms with Gasteiger partial charge in [-0.1, -0.05) is 29.8 Å². The Kier molecular flexibility index (Phi) is 3.24. The summed E-state index contributed by atoms with van der Waals surface area (Å²) in [5.74, 6) is 0.984. The van der Waals surface area contributed by atoms with E-state index in [1.54, 1.807) is 0 Å². The van der Waals surface area contributed by atoms with Crippen LogP contribution in [0.5, 0.6) is 5.75 Å². The lowest BCUT2D eigenvalue weighted by atomic mass is 9.95. The minimum absolute atomic E-state index is 0.201. The number of benzene rings is 2. The molecule has 1 N–H and O–H groups in total. The first-order valence-corrected chi connectivity index (χ1v) is 7.70. The second kappa shape index (κ2) is 5.24. The van der Waals surface area contributed by atoms with Crippen LogP contribution in [0.4, 0.5) is 5.69 Å². The predicted octanol–water partition coefficient (Wildman–Crippen LogP) is 3.55. The molecule has 0 saturated heterocycles. The van der Waals surface area contributed by atoms with E-state index in [-0.39, 0.29) is 6.04 Å². The largest absolute Gasteiger partial charge is 0.492 e. The molecular weight excluding hydrogens is 284 g/mol. The number of para-hydroxylation sites is 1. The van der Waals surface area contributed by atoms with Gasteiger partial charge in [0, 0.05) is 35.9 Å². The van der Waals surface area contributed by atoms with Gasteiger partial charge in [-0.2, -0.15) is 0 Å². The summed E-state index contributed by atoms with van der Waals surface area (Å²) in [5.41, 5.74) is 3.63. The molecule has 4 heteroatoms. The molecule has 2 heterocycles. The van der Waals surface area contributed by atoms with Crippen LogP contribution in [0.15, 0.2) is 42.5 Å². The van der Waals surface area contributed by atoms with E-state index in [9.17, 15) is 0 Å². The first kappa shape index (κ1) is 13.0. The van der Waals surface area contributed by atoms with Gasteiger partial charge in [0.05, 0.1) is 6.04 Å². The molecule has 0 fully saturated rings. The van der Waals surface area contributed by atoms with Crippen LogP contribution in [-0.2, 0) is 0 Å². The summed E-state index contributed by atoms with van der Waals surface area (Å²) in [6.07, 6.45) is 0.